The number of ether oxygens (including phenoxy) is 1. The first-order valence-corrected chi connectivity index (χ1v) is 9.72. The number of anilines is 1. The SMILES string of the molecule is O=C(COC(=O)C[C@@H]1Sc2ccccc2NC1=O)NC(=O)NC1CCCC1. The quantitative estimate of drug-likeness (QED) is 0.660. The normalized spacial score (nSPS) is 19.0. The van der Waals surface area contributed by atoms with Crippen LogP contribution in [0.1, 0.15) is 32.1 Å². The van der Waals surface area contributed by atoms with Crippen LogP contribution in [0.25, 0.3) is 0 Å². The van der Waals surface area contributed by atoms with Crippen LogP contribution in [-0.4, -0.2) is 41.7 Å². The molecule has 0 radical (unpaired) electrons. The van der Waals surface area contributed by atoms with Gasteiger partial charge in [-0.2, -0.15) is 0 Å². The van der Waals surface area contributed by atoms with Crippen LogP contribution in [0.4, 0.5) is 10.5 Å². The average molecular weight is 391 g/mol. The van der Waals surface area contributed by atoms with Crippen LogP contribution in [-0.2, 0) is 19.1 Å². The number of esters is 1. The Bertz CT molecular complexity index is 748. The Balaban J connectivity index is 1.39. The monoisotopic (exact) mass is 391 g/mol. The number of fused-ring (bicyclic) bond motifs is 1. The van der Waals surface area contributed by atoms with E-state index in [4.69, 9.17) is 4.74 Å². The molecule has 0 unspecified atom stereocenters. The van der Waals surface area contributed by atoms with Crippen LogP contribution in [0, 0.1) is 0 Å². The van der Waals surface area contributed by atoms with Crippen molar-refractivity contribution in [3.05, 3.63) is 24.3 Å². The summed E-state index contributed by atoms with van der Waals surface area (Å²) in [5.41, 5.74) is 0.713. The van der Waals surface area contributed by atoms with Crippen molar-refractivity contribution >= 4 is 41.3 Å². The van der Waals surface area contributed by atoms with Gasteiger partial charge < -0.3 is 15.4 Å². The van der Waals surface area contributed by atoms with E-state index in [1.54, 1.807) is 6.07 Å². The number of imide groups is 1. The van der Waals surface area contributed by atoms with E-state index in [-0.39, 0.29) is 18.4 Å². The lowest BCUT2D eigenvalue weighted by Gasteiger charge is -2.23. The number of para-hydroxylation sites is 1. The molecule has 1 aliphatic carbocycles. The molecule has 3 rings (SSSR count). The lowest BCUT2D eigenvalue weighted by Crippen LogP contribution is -2.45. The van der Waals surface area contributed by atoms with Gasteiger partial charge in [0.05, 0.1) is 17.4 Å². The molecule has 0 bridgehead atoms. The second-order valence-corrected chi connectivity index (χ2v) is 7.70. The highest BCUT2D eigenvalue weighted by Crippen LogP contribution is 2.36. The first kappa shape index (κ1) is 19.2. The lowest BCUT2D eigenvalue weighted by atomic mass is 10.2. The minimum absolute atomic E-state index is 0.0880. The summed E-state index contributed by atoms with van der Waals surface area (Å²) in [7, 11) is 0. The fraction of sp³-hybridized carbons (Fsp3) is 0.444. The highest BCUT2D eigenvalue weighted by molar-refractivity contribution is 8.01. The number of amides is 4. The molecule has 8 nitrogen and oxygen atoms in total. The van der Waals surface area contributed by atoms with E-state index in [0.717, 1.165) is 30.6 Å². The van der Waals surface area contributed by atoms with Gasteiger partial charge in [-0.1, -0.05) is 25.0 Å². The summed E-state index contributed by atoms with van der Waals surface area (Å²) in [6.07, 6.45) is 3.77. The Kier molecular flexibility index (Phi) is 6.33. The van der Waals surface area contributed by atoms with Gasteiger partial charge in [-0.15, -0.1) is 11.8 Å². The third-order valence-corrected chi connectivity index (χ3v) is 5.64. The Labute approximate surface area is 160 Å². The van der Waals surface area contributed by atoms with Gasteiger partial charge in [-0.3, -0.25) is 19.7 Å². The number of urea groups is 1. The fourth-order valence-electron chi connectivity index (χ4n) is 3.04. The Morgan fingerprint density at radius 1 is 1.19 bits per heavy atom. The molecule has 9 heteroatoms. The third kappa shape index (κ3) is 5.46. The zero-order valence-corrected chi connectivity index (χ0v) is 15.5. The number of thioether (sulfide) groups is 1. The van der Waals surface area contributed by atoms with E-state index in [9.17, 15) is 19.2 Å². The van der Waals surface area contributed by atoms with Gasteiger partial charge >= 0.3 is 12.0 Å². The largest absolute Gasteiger partial charge is 0.456 e. The van der Waals surface area contributed by atoms with Crippen molar-refractivity contribution in [3.63, 3.8) is 0 Å². The van der Waals surface area contributed by atoms with E-state index < -0.39 is 29.8 Å². The van der Waals surface area contributed by atoms with Crippen molar-refractivity contribution in [3.8, 4) is 0 Å². The summed E-state index contributed by atoms with van der Waals surface area (Å²) in [5.74, 6) is -1.66. The number of nitrogens with one attached hydrogen (secondary N) is 3. The third-order valence-electron chi connectivity index (χ3n) is 4.37. The number of benzene rings is 1. The number of rotatable bonds is 5. The number of hydrogen-bond donors (Lipinski definition) is 3. The van der Waals surface area contributed by atoms with E-state index >= 15 is 0 Å². The predicted molar refractivity (Wildman–Crippen MR) is 99.2 cm³/mol. The molecule has 1 aliphatic heterocycles. The van der Waals surface area contributed by atoms with E-state index in [0.29, 0.717) is 5.69 Å². The predicted octanol–water partition coefficient (Wildman–Crippen LogP) is 1.80. The average Bonchev–Trinajstić information content (AvgIpc) is 3.13. The molecule has 2 aliphatic rings. The van der Waals surface area contributed by atoms with Crippen molar-refractivity contribution < 1.29 is 23.9 Å². The number of carbonyl (C=O) groups excluding carboxylic acids is 4. The zero-order chi connectivity index (χ0) is 19.2. The van der Waals surface area contributed by atoms with Crippen LogP contribution in [0.2, 0.25) is 0 Å². The van der Waals surface area contributed by atoms with Gasteiger partial charge in [-0.05, 0) is 25.0 Å². The Morgan fingerprint density at radius 2 is 1.93 bits per heavy atom. The van der Waals surface area contributed by atoms with Crippen LogP contribution in [0.15, 0.2) is 29.2 Å². The van der Waals surface area contributed by atoms with Gasteiger partial charge in [-0.25, -0.2) is 4.79 Å². The highest BCUT2D eigenvalue weighted by atomic mass is 32.2. The first-order valence-electron chi connectivity index (χ1n) is 8.84. The molecule has 3 N–H and O–H groups in total. The maximum absolute atomic E-state index is 12.1. The summed E-state index contributed by atoms with van der Waals surface area (Å²) in [4.78, 5) is 48.3. The van der Waals surface area contributed by atoms with Crippen LogP contribution < -0.4 is 16.0 Å². The van der Waals surface area contributed by atoms with Crippen molar-refractivity contribution in [2.45, 2.75) is 48.3 Å². The molecule has 1 heterocycles. The van der Waals surface area contributed by atoms with Crippen LogP contribution >= 0.6 is 11.8 Å². The van der Waals surface area contributed by atoms with E-state index in [1.165, 1.54) is 11.8 Å². The standard InChI is InChI=1S/C18H21N3O5S/c22-15(21-18(25)19-11-5-1-2-6-11)10-26-16(23)9-14-17(24)20-12-7-3-4-8-13(12)27-14/h3-4,7-8,11,14H,1-2,5-6,9-10H2,(H,20,24)(H2,19,21,22,25)/t14-/m0/s1. The summed E-state index contributed by atoms with van der Waals surface area (Å²) in [6, 6.07) is 6.81. The molecule has 1 saturated carbocycles. The Hall–Kier alpha value is -2.55. The zero-order valence-electron chi connectivity index (χ0n) is 14.7. The van der Waals surface area contributed by atoms with Gasteiger partial charge in [0.2, 0.25) is 5.91 Å². The van der Waals surface area contributed by atoms with Crippen molar-refractivity contribution in [1.82, 2.24) is 10.6 Å². The molecule has 1 aromatic rings. The summed E-state index contributed by atoms with van der Waals surface area (Å²) in [6.45, 7) is -0.563. The maximum Gasteiger partial charge on any atom is 0.321 e. The first-order chi connectivity index (χ1) is 13.0. The van der Waals surface area contributed by atoms with Crippen LogP contribution in [0.5, 0.6) is 0 Å². The maximum atomic E-state index is 12.1. The van der Waals surface area contributed by atoms with Gasteiger partial charge in [0.1, 0.15) is 0 Å². The highest BCUT2D eigenvalue weighted by Gasteiger charge is 2.29. The van der Waals surface area contributed by atoms with Crippen LogP contribution in [0.3, 0.4) is 0 Å². The van der Waals surface area contributed by atoms with Gasteiger partial charge in [0, 0.05) is 10.9 Å². The molecule has 1 atom stereocenters. The molecule has 1 fully saturated rings. The molecule has 0 aromatic heterocycles. The summed E-state index contributed by atoms with van der Waals surface area (Å²) in [5, 5.41) is 6.96. The van der Waals surface area contributed by atoms with Gasteiger partial charge in [0.15, 0.2) is 6.61 Å². The van der Waals surface area contributed by atoms with Crippen molar-refractivity contribution in [2.75, 3.05) is 11.9 Å². The Morgan fingerprint density at radius 3 is 2.70 bits per heavy atom. The topological polar surface area (TPSA) is 114 Å². The van der Waals surface area contributed by atoms with E-state index in [2.05, 4.69) is 16.0 Å². The van der Waals surface area contributed by atoms with Crippen molar-refractivity contribution in [1.29, 1.82) is 0 Å². The molecular weight excluding hydrogens is 370 g/mol. The lowest BCUT2D eigenvalue weighted by molar-refractivity contribution is -0.148. The molecule has 1 aromatic carbocycles. The molecule has 27 heavy (non-hydrogen) atoms. The number of hydrogen-bond acceptors (Lipinski definition) is 6. The second-order valence-electron chi connectivity index (χ2n) is 6.46. The molecule has 0 saturated heterocycles. The minimum Gasteiger partial charge on any atom is -0.456 e. The summed E-state index contributed by atoms with van der Waals surface area (Å²) >= 11 is 1.28. The minimum atomic E-state index is -0.704. The summed E-state index contributed by atoms with van der Waals surface area (Å²) < 4.78 is 4.89. The van der Waals surface area contributed by atoms with Gasteiger partial charge in [0.25, 0.3) is 5.91 Å². The molecular formula is C18H21N3O5S. The molecule has 144 valence electrons. The fourth-order valence-corrected chi connectivity index (χ4v) is 4.13. The smallest absolute Gasteiger partial charge is 0.321 e. The van der Waals surface area contributed by atoms with E-state index in [1.807, 2.05) is 18.2 Å². The number of carbonyl (C=O) groups is 4. The van der Waals surface area contributed by atoms with Crippen molar-refractivity contribution in [2.24, 2.45) is 0 Å². The second kappa shape index (κ2) is 8.90. The molecule has 0 spiro atoms. The molecule has 4 amide bonds.